The van der Waals surface area contributed by atoms with Gasteiger partial charge in [-0.2, -0.15) is 0 Å². The van der Waals surface area contributed by atoms with Gasteiger partial charge < -0.3 is 14.9 Å². The minimum absolute atomic E-state index is 0.0787. The lowest BCUT2D eigenvalue weighted by Crippen LogP contribution is -2.36. The lowest BCUT2D eigenvalue weighted by atomic mass is 9.73. The van der Waals surface area contributed by atoms with E-state index in [4.69, 9.17) is 0 Å². The molecule has 0 aliphatic heterocycles. The summed E-state index contributed by atoms with van der Waals surface area (Å²) >= 11 is 0. The standard InChI is InChI=1S/C36H38N2O2/c1-5-37(23-27-13-9-7-10-14-27)29-17-19-31(25(3)21-29)33-35(39)34(36(33)40)32-20-18-30(22-26(32)4)38(6-2)24-28-15-11-8-12-16-28/h7-22,33,39H,5-6,23-24H2,1-4H3/p-1. The van der Waals surface area contributed by atoms with Crippen molar-refractivity contribution in [1.29, 1.82) is 0 Å². The predicted molar refractivity (Wildman–Crippen MR) is 163 cm³/mol. The summed E-state index contributed by atoms with van der Waals surface area (Å²) in [6.45, 7) is 11.6. The molecule has 0 fully saturated rings. The van der Waals surface area contributed by atoms with Gasteiger partial charge in [-0.15, -0.1) is 5.76 Å². The smallest absolute Gasteiger partial charge is 0.173 e. The van der Waals surface area contributed by atoms with E-state index in [0.29, 0.717) is 5.57 Å². The fourth-order valence-electron chi connectivity index (χ4n) is 5.68. The van der Waals surface area contributed by atoms with Crippen LogP contribution in [0.5, 0.6) is 0 Å². The van der Waals surface area contributed by atoms with Crippen molar-refractivity contribution in [3.8, 4) is 0 Å². The van der Waals surface area contributed by atoms with Crippen LogP contribution in [0, 0.1) is 13.8 Å². The SMILES string of the molecule is CCN(Cc1ccccc1)c1ccc(C2=C([O-])C(c3ccc(N(CC)Cc4ccccc4)cc3C)C2=O)c(C)c1. The van der Waals surface area contributed by atoms with Crippen molar-refractivity contribution in [3.63, 3.8) is 0 Å². The van der Waals surface area contributed by atoms with Crippen molar-refractivity contribution in [1.82, 2.24) is 0 Å². The number of Topliss-reactive ketones (excluding diaryl/α,β-unsaturated/α-hetero) is 1. The first-order valence-electron chi connectivity index (χ1n) is 14.2. The molecule has 1 aliphatic carbocycles. The van der Waals surface area contributed by atoms with Gasteiger partial charge in [0.15, 0.2) is 5.78 Å². The van der Waals surface area contributed by atoms with E-state index in [2.05, 4.69) is 84.3 Å². The van der Waals surface area contributed by atoms with Gasteiger partial charge in [0.05, 0.1) is 5.92 Å². The summed E-state index contributed by atoms with van der Waals surface area (Å²) in [5.41, 5.74) is 8.50. The molecule has 0 heterocycles. The zero-order chi connectivity index (χ0) is 28.2. The quantitative estimate of drug-likeness (QED) is 0.227. The van der Waals surface area contributed by atoms with Crippen molar-refractivity contribution in [2.75, 3.05) is 22.9 Å². The largest absolute Gasteiger partial charge is 0.874 e. The van der Waals surface area contributed by atoms with Crippen molar-refractivity contribution in [2.45, 2.75) is 46.7 Å². The molecule has 5 rings (SSSR count). The summed E-state index contributed by atoms with van der Waals surface area (Å²) < 4.78 is 0. The highest BCUT2D eigenvalue weighted by Crippen LogP contribution is 2.44. The molecule has 0 amide bonds. The number of hydrogen-bond donors (Lipinski definition) is 0. The van der Waals surface area contributed by atoms with Crippen molar-refractivity contribution < 1.29 is 9.90 Å². The predicted octanol–water partition coefficient (Wildman–Crippen LogP) is 6.79. The number of allylic oxidation sites excluding steroid dienone is 2. The maximum absolute atomic E-state index is 13.4. The fourth-order valence-corrected chi connectivity index (χ4v) is 5.68. The van der Waals surface area contributed by atoms with Crippen LogP contribution in [0.15, 0.2) is 103 Å². The van der Waals surface area contributed by atoms with E-state index in [1.54, 1.807) is 0 Å². The van der Waals surface area contributed by atoms with Gasteiger partial charge in [0.1, 0.15) is 0 Å². The number of benzene rings is 4. The molecular formula is C36H37N2O2-. The van der Waals surface area contributed by atoms with Crippen molar-refractivity contribution in [2.24, 2.45) is 0 Å². The molecule has 1 atom stereocenters. The van der Waals surface area contributed by atoms with Gasteiger partial charge in [-0.05, 0) is 85.3 Å². The van der Waals surface area contributed by atoms with Gasteiger partial charge in [-0.1, -0.05) is 72.8 Å². The molecule has 1 aliphatic rings. The third kappa shape index (κ3) is 5.40. The van der Waals surface area contributed by atoms with E-state index >= 15 is 0 Å². The molecule has 204 valence electrons. The average Bonchev–Trinajstić information content (AvgIpc) is 2.98. The summed E-state index contributed by atoms with van der Waals surface area (Å²) in [5, 5.41) is 13.4. The molecule has 40 heavy (non-hydrogen) atoms. The molecule has 0 saturated carbocycles. The fraction of sp³-hybridized carbons (Fsp3) is 0.250. The van der Waals surface area contributed by atoms with Crippen LogP contribution in [0.3, 0.4) is 0 Å². The Kier molecular flexibility index (Phi) is 8.06. The molecule has 0 bridgehead atoms. The summed E-state index contributed by atoms with van der Waals surface area (Å²) in [6, 6.07) is 33.0. The number of hydrogen-bond acceptors (Lipinski definition) is 4. The number of carbonyl (C=O) groups is 1. The van der Waals surface area contributed by atoms with Gasteiger partial charge in [0.2, 0.25) is 0 Å². The Morgan fingerprint density at radius 3 is 1.62 bits per heavy atom. The molecule has 0 spiro atoms. The molecule has 0 radical (unpaired) electrons. The van der Waals surface area contributed by atoms with Crippen molar-refractivity contribution >= 4 is 22.7 Å². The molecule has 4 aromatic carbocycles. The highest BCUT2D eigenvalue weighted by Gasteiger charge is 2.36. The average molecular weight is 530 g/mol. The van der Waals surface area contributed by atoms with Gasteiger partial charge in [-0.3, -0.25) is 4.79 Å². The third-order valence-corrected chi connectivity index (χ3v) is 7.99. The Bertz CT molecular complexity index is 1530. The first kappa shape index (κ1) is 27.3. The first-order valence-corrected chi connectivity index (χ1v) is 14.2. The van der Waals surface area contributed by atoms with Crippen LogP contribution in [-0.2, 0) is 17.9 Å². The number of anilines is 2. The Morgan fingerprint density at radius 1 is 0.675 bits per heavy atom. The molecule has 4 heteroatoms. The Morgan fingerprint density at radius 2 is 1.18 bits per heavy atom. The summed E-state index contributed by atoms with van der Waals surface area (Å²) in [4.78, 5) is 18.0. The summed E-state index contributed by atoms with van der Waals surface area (Å²) in [6.07, 6.45) is 0. The molecule has 4 aromatic rings. The molecule has 4 nitrogen and oxygen atoms in total. The Balaban J connectivity index is 1.36. The van der Waals surface area contributed by atoms with Crippen LogP contribution in [0.25, 0.3) is 5.57 Å². The van der Waals surface area contributed by atoms with Gasteiger partial charge in [-0.25, -0.2) is 0 Å². The topological polar surface area (TPSA) is 46.6 Å². The first-order chi connectivity index (χ1) is 19.4. The number of rotatable bonds is 10. The second-order valence-corrected chi connectivity index (χ2v) is 10.6. The lowest BCUT2D eigenvalue weighted by Gasteiger charge is -2.38. The van der Waals surface area contributed by atoms with E-state index in [1.807, 2.05) is 50.2 Å². The van der Waals surface area contributed by atoms with E-state index < -0.39 is 5.92 Å². The normalized spacial score (nSPS) is 14.7. The maximum Gasteiger partial charge on any atom is 0.173 e. The second-order valence-electron chi connectivity index (χ2n) is 10.6. The van der Waals surface area contributed by atoms with Crippen LogP contribution in [-0.4, -0.2) is 18.9 Å². The summed E-state index contributed by atoms with van der Waals surface area (Å²) in [5.74, 6) is -0.868. The maximum atomic E-state index is 13.4. The molecular weight excluding hydrogens is 492 g/mol. The number of nitrogens with zero attached hydrogens (tertiary/aromatic N) is 2. The van der Waals surface area contributed by atoms with E-state index in [9.17, 15) is 9.90 Å². The highest BCUT2D eigenvalue weighted by molar-refractivity contribution is 6.32. The number of carbonyl (C=O) groups excluding carboxylic acids is 1. The third-order valence-electron chi connectivity index (χ3n) is 7.99. The Labute approximate surface area is 238 Å². The van der Waals surface area contributed by atoms with Gasteiger partial charge in [0, 0.05) is 43.1 Å². The van der Waals surface area contributed by atoms with Gasteiger partial charge in [0.25, 0.3) is 0 Å². The Hall–Kier alpha value is -4.31. The zero-order valence-electron chi connectivity index (χ0n) is 23.9. The lowest BCUT2D eigenvalue weighted by molar-refractivity contribution is -0.310. The van der Waals surface area contributed by atoms with Crippen LogP contribution in [0.4, 0.5) is 11.4 Å². The van der Waals surface area contributed by atoms with Crippen LogP contribution in [0.2, 0.25) is 0 Å². The van der Waals surface area contributed by atoms with Crippen LogP contribution < -0.4 is 14.9 Å². The highest BCUT2D eigenvalue weighted by atomic mass is 16.3. The molecule has 0 aromatic heterocycles. The summed E-state index contributed by atoms with van der Waals surface area (Å²) in [7, 11) is 0. The zero-order valence-corrected chi connectivity index (χ0v) is 23.9. The van der Waals surface area contributed by atoms with E-state index in [-0.39, 0.29) is 11.5 Å². The number of ketones is 1. The molecule has 0 saturated heterocycles. The molecule has 0 N–H and O–H groups in total. The molecule has 1 unspecified atom stereocenters. The van der Waals surface area contributed by atoms with Crippen LogP contribution >= 0.6 is 0 Å². The second kappa shape index (κ2) is 11.8. The minimum Gasteiger partial charge on any atom is -0.874 e. The van der Waals surface area contributed by atoms with Crippen molar-refractivity contribution in [3.05, 3.63) is 136 Å². The van der Waals surface area contributed by atoms with Gasteiger partial charge >= 0.3 is 0 Å². The monoisotopic (exact) mass is 529 g/mol. The minimum atomic E-state index is -0.711. The van der Waals surface area contributed by atoms with Crippen LogP contribution in [0.1, 0.15) is 53.1 Å². The number of aryl methyl sites for hydroxylation is 2. The van der Waals surface area contributed by atoms with E-state index in [1.165, 1.54) is 11.1 Å². The van der Waals surface area contributed by atoms with E-state index in [0.717, 1.165) is 59.8 Å².